The van der Waals surface area contributed by atoms with Crippen LogP contribution in [0.25, 0.3) is 0 Å². The molecule has 0 aromatic carbocycles. The van der Waals surface area contributed by atoms with Gasteiger partial charge in [0.1, 0.15) is 0 Å². The van der Waals surface area contributed by atoms with Crippen molar-refractivity contribution in [2.45, 2.75) is 0 Å². The highest BCUT2D eigenvalue weighted by Gasteiger charge is 1.93. The molecule has 0 saturated carbocycles. The molecule has 0 aromatic rings. The third kappa shape index (κ3) is 12.0. The maximum Gasteiger partial charge on any atom is 0.00854 e. The molecule has 0 N–H and O–H groups in total. The lowest BCUT2D eigenvalue weighted by Gasteiger charge is -2.09. The Labute approximate surface area is 82.0 Å². The van der Waals surface area contributed by atoms with Crippen molar-refractivity contribution in [3.63, 3.8) is 0 Å². The van der Waals surface area contributed by atoms with Gasteiger partial charge in [0.2, 0.25) is 0 Å². The van der Waals surface area contributed by atoms with Crippen molar-refractivity contribution >= 4 is 45.3 Å². The maximum absolute atomic E-state index is 2.07. The van der Waals surface area contributed by atoms with Gasteiger partial charge in [-0.3, -0.25) is 0 Å². The second kappa shape index (κ2) is 8.42. The third-order valence-corrected chi connectivity index (χ3v) is 4.33. The molecule has 0 radical (unpaired) electrons. The molecule has 0 atom stereocenters. The van der Waals surface area contributed by atoms with Gasteiger partial charge < -0.3 is 0 Å². The quantitative estimate of drug-likeness (QED) is 0.525. The summed E-state index contributed by atoms with van der Waals surface area (Å²) in [5, 5.41) is 0. The van der Waals surface area contributed by atoms with E-state index in [1.54, 1.807) is 31.8 Å². The van der Waals surface area contributed by atoms with Crippen LogP contribution in [0.3, 0.4) is 0 Å². The summed E-state index contributed by atoms with van der Waals surface area (Å²) in [6.45, 7) is 0. The molecular weight excluding hydrogens is 204 g/mol. The van der Waals surface area contributed by atoms with Crippen LogP contribution in [0.4, 0.5) is 0 Å². The van der Waals surface area contributed by atoms with Gasteiger partial charge in [0, 0.05) is 31.8 Å². The summed E-state index contributed by atoms with van der Waals surface area (Å²) in [5.74, 6) is 0. The fourth-order valence-corrected chi connectivity index (χ4v) is 3.65. The monoisotopic (exact) mass is 218 g/mol. The average Bonchev–Trinajstić information content (AvgIpc) is 1.63. The van der Waals surface area contributed by atoms with Crippen molar-refractivity contribution in [1.29, 1.82) is 0 Å². The summed E-state index contributed by atoms with van der Waals surface area (Å²) in [6, 6.07) is 0. The van der Waals surface area contributed by atoms with Gasteiger partial charge in [-0.05, 0) is 28.2 Å². The smallest absolute Gasteiger partial charge is 0.00854 e. The van der Waals surface area contributed by atoms with E-state index in [9.17, 15) is 0 Å². The minimum atomic E-state index is 0. The molecule has 0 saturated heterocycles. The zero-order valence-corrected chi connectivity index (χ0v) is 10.1. The van der Waals surface area contributed by atoms with Crippen molar-refractivity contribution in [1.82, 2.24) is 8.61 Å². The van der Waals surface area contributed by atoms with Gasteiger partial charge in [-0.25, -0.2) is 8.61 Å². The van der Waals surface area contributed by atoms with Crippen LogP contribution in [-0.2, 0) is 0 Å². The van der Waals surface area contributed by atoms with Gasteiger partial charge in [-0.15, -0.1) is 0 Å². The molecule has 0 aliphatic heterocycles. The topological polar surface area (TPSA) is 6.48 Å². The highest BCUT2D eigenvalue weighted by Crippen LogP contribution is 2.36. The molecule has 10 heavy (non-hydrogen) atoms. The first-order valence-electron chi connectivity index (χ1n) is 2.49. The summed E-state index contributed by atoms with van der Waals surface area (Å²) in [7, 11) is 13.4. The molecule has 64 valence electrons. The van der Waals surface area contributed by atoms with Crippen molar-refractivity contribution in [2.75, 3.05) is 28.2 Å². The molecule has 0 aliphatic carbocycles. The number of hydrogen-bond acceptors (Lipinski definition) is 5. The fourth-order valence-electron chi connectivity index (χ4n) is 0.135. The Morgan fingerprint density at radius 3 is 1.30 bits per heavy atom. The number of rotatable bonds is 4. The van der Waals surface area contributed by atoms with Crippen molar-refractivity contribution < 1.29 is 0 Å². The lowest BCUT2D eigenvalue weighted by atomic mass is 11.3. The fraction of sp³-hybridized carbons (Fsp3) is 1.00. The van der Waals surface area contributed by atoms with E-state index in [0.717, 1.165) is 0 Å². The molecule has 6 heteroatoms. The molecule has 0 bridgehead atoms. The first-order valence-corrected chi connectivity index (χ1v) is 5.88. The Balaban J connectivity index is 0. The predicted molar refractivity (Wildman–Crippen MR) is 60.5 cm³/mol. The molecule has 0 amide bonds. The Morgan fingerprint density at radius 1 is 0.800 bits per heavy atom. The van der Waals surface area contributed by atoms with Crippen LogP contribution in [0, 0.1) is 0 Å². The molecule has 0 heterocycles. The van der Waals surface area contributed by atoms with Crippen LogP contribution in [0.5, 0.6) is 0 Å². The van der Waals surface area contributed by atoms with Crippen LogP contribution in [0.2, 0.25) is 0 Å². The summed E-state index contributed by atoms with van der Waals surface area (Å²) in [5.41, 5.74) is 0. The van der Waals surface area contributed by atoms with Gasteiger partial charge in [-0.2, -0.15) is 13.5 Å². The summed E-state index contributed by atoms with van der Waals surface area (Å²) < 4.78 is 4.14. The summed E-state index contributed by atoms with van der Waals surface area (Å²) >= 11 is 0. The standard InChI is InChI=1S/C4H12N2S3.H2S/c1-5(2)7-9-8-6(3)4;/h1-4H3;1H2. The molecule has 0 unspecified atom stereocenters. The normalized spacial score (nSPS) is 10.2. The highest BCUT2D eigenvalue weighted by molar-refractivity contribution is 9.08. The Morgan fingerprint density at radius 2 is 1.10 bits per heavy atom. The minimum Gasteiger partial charge on any atom is -0.247 e. The van der Waals surface area contributed by atoms with E-state index in [1.807, 2.05) is 28.2 Å². The second-order valence-electron chi connectivity index (χ2n) is 1.84. The van der Waals surface area contributed by atoms with Crippen molar-refractivity contribution in [2.24, 2.45) is 0 Å². The van der Waals surface area contributed by atoms with Gasteiger partial charge in [0.15, 0.2) is 0 Å². The van der Waals surface area contributed by atoms with Crippen LogP contribution in [0.15, 0.2) is 0 Å². The van der Waals surface area contributed by atoms with Crippen LogP contribution < -0.4 is 0 Å². The van der Waals surface area contributed by atoms with Crippen LogP contribution in [0.1, 0.15) is 0 Å². The highest BCUT2D eigenvalue weighted by atomic mass is 33.5. The van der Waals surface area contributed by atoms with E-state index in [1.165, 1.54) is 0 Å². The molecule has 0 fully saturated rings. The SMILES string of the molecule is CN(C)SSSN(C)C.S. The second-order valence-corrected chi connectivity index (χ2v) is 6.26. The van der Waals surface area contributed by atoms with Gasteiger partial charge in [-0.1, -0.05) is 0 Å². The van der Waals surface area contributed by atoms with E-state index in [-0.39, 0.29) is 13.5 Å². The maximum atomic E-state index is 2.07. The first-order chi connectivity index (χ1) is 4.13. The Bertz CT molecular complexity index is 60.3. The lowest BCUT2D eigenvalue weighted by molar-refractivity contribution is 0.709. The average molecular weight is 218 g/mol. The molecule has 2 nitrogen and oxygen atoms in total. The zero-order valence-electron chi connectivity index (χ0n) is 6.62. The first kappa shape index (κ1) is 13.9. The van der Waals surface area contributed by atoms with Gasteiger partial charge in [0.05, 0.1) is 0 Å². The van der Waals surface area contributed by atoms with Crippen molar-refractivity contribution in [3.8, 4) is 0 Å². The van der Waals surface area contributed by atoms with Gasteiger partial charge in [0.25, 0.3) is 0 Å². The zero-order chi connectivity index (χ0) is 7.28. The molecule has 0 rings (SSSR count). The van der Waals surface area contributed by atoms with E-state index >= 15 is 0 Å². The molecule has 0 spiro atoms. The van der Waals surface area contributed by atoms with Crippen LogP contribution in [-0.4, -0.2) is 36.8 Å². The Kier molecular flexibility index (Phi) is 11.7. The summed E-state index contributed by atoms with van der Waals surface area (Å²) in [4.78, 5) is 0. The van der Waals surface area contributed by atoms with E-state index < -0.39 is 0 Å². The van der Waals surface area contributed by atoms with E-state index in [2.05, 4.69) is 8.61 Å². The Hall–Kier alpha value is 1.32. The third-order valence-electron chi connectivity index (χ3n) is 0.359. The van der Waals surface area contributed by atoms with Crippen molar-refractivity contribution in [3.05, 3.63) is 0 Å². The molecule has 0 aliphatic rings. The van der Waals surface area contributed by atoms with E-state index in [4.69, 9.17) is 0 Å². The van der Waals surface area contributed by atoms with Crippen LogP contribution >= 0.6 is 45.3 Å². The summed E-state index contributed by atoms with van der Waals surface area (Å²) in [6.07, 6.45) is 0. The largest absolute Gasteiger partial charge is 0.247 e. The minimum absolute atomic E-state index is 0. The lowest BCUT2D eigenvalue weighted by Crippen LogP contribution is -1.98. The number of nitrogens with zero attached hydrogens (tertiary/aromatic N) is 2. The predicted octanol–water partition coefficient (Wildman–Crippen LogP) is 2.08. The molecular formula is C4H14N2S4. The molecule has 0 aromatic heterocycles. The van der Waals surface area contributed by atoms with E-state index in [0.29, 0.717) is 0 Å². The number of hydrogen-bond donors (Lipinski definition) is 0. The van der Waals surface area contributed by atoms with Gasteiger partial charge >= 0.3 is 0 Å².